The Kier molecular flexibility index (Phi) is 15.9. The van der Waals surface area contributed by atoms with Crippen LogP contribution in [0.2, 0.25) is 0 Å². The molecule has 0 radical (unpaired) electrons. The fourth-order valence-corrected chi connectivity index (χ4v) is 4.73. The van der Waals surface area contributed by atoms with E-state index < -0.39 is 0 Å². The van der Waals surface area contributed by atoms with Crippen molar-refractivity contribution in [2.24, 2.45) is 4.99 Å². The summed E-state index contributed by atoms with van der Waals surface area (Å²) in [5.74, 6) is 18.6. The van der Waals surface area contributed by atoms with Gasteiger partial charge in [0, 0.05) is 40.6 Å². The molecule has 4 aromatic carbocycles. The van der Waals surface area contributed by atoms with Crippen molar-refractivity contribution in [1.82, 2.24) is 0 Å². The summed E-state index contributed by atoms with van der Waals surface area (Å²) in [5.41, 5.74) is 4.47. The molecule has 6 heteroatoms. The summed E-state index contributed by atoms with van der Waals surface area (Å²) in [6.07, 6.45) is 10.5. The number of fused-ring (bicyclic) bond motifs is 1. The third kappa shape index (κ3) is 14.4. The molecule has 0 fully saturated rings. The van der Waals surface area contributed by atoms with Gasteiger partial charge in [-0.15, -0.1) is 0 Å². The Bertz CT molecular complexity index is 2010. The number of aliphatic imine (C=N–C) groups is 1. The molecule has 256 valence electrons. The van der Waals surface area contributed by atoms with Gasteiger partial charge in [-0.1, -0.05) is 49.0 Å². The molecule has 0 unspecified atom stereocenters. The predicted octanol–water partition coefficient (Wildman–Crippen LogP) is 8.91. The van der Waals surface area contributed by atoms with E-state index in [0.717, 1.165) is 89.4 Å². The number of nitrogens with zero attached hydrogens (tertiary/aromatic N) is 1. The van der Waals surface area contributed by atoms with Crippen LogP contribution in [0.25, 0.3) is 10.8 Å². The van der Waals surface area contributed by atoms with Crippen molar-refractivity contribution in [3.63, 3.8) is 0 Å². The summed E-state index contributed by atoms with van der Waals surface area (Å²) in [5, 5.41) is 2.16. The number of esters is 2. The van der Waals surface area contributed by atoms with Gasteiger partial charge in [0.1, 0.15) is 5.75 Å². The number of carbonyl (C=O) groups is 2. The van der Waals surface area contributed by atoms with Crippen LogP contribution >= 0.6 is 0 Å². The van der Waals surface area contributed by atoms with Gasteiger partial charge < -0.3 is 14.2 Å². The first-order valence-corrected chi connectivity index (χ1v) is 17.0. The van der Waals surface area contributed by atoms with E-state index in [1.807, 2.05) is 91.1 Å². The largest absolute Gasteiger partial charge is 0.494 e. The van der Waals surface area contributed by atoms with Crippen molar-refractivity contribution in [3.8, 4) is 41.3 Å². The second kappa shape index (κ2) is 21.6. The van der Waals surface area contributed by atoms with Gasteiger partial charge in [-0.25, -0.2) is 9.59 Å². The van der Waals surface area contributed by atoms with Crippen molar-refractivity contribution in [2.45, 2.75) is 44.9 Å². The first-order valence-electron chi connectivity index (χ1n) is 17.0. The van der Waals surface area contributed by atoms with E-state index in [2.05, 4.69) is 53.7 Å². The molecule has 0 bridgehead atoms. The minimum absolute atomic E-state index is 0.375. The Balaban J connectivity index is 1.18. The molecule has 0 aliphatic carbocycles. The summed E-state index contributed by atoms with van der Waals surface area (Å²) < 4.78 is 15.9. The average molecular weight is 676 g/mol. The van der Waals surface area contributed by atoms with Crippen LogP contribution in [-0.2, 0) is 19.1 Å². The SMILES string of the molecule is C=CC(=O)OCCCCCC=Nc1ccc(C#Cc2ccc(C#CC#Cc3ccc4cc(OCCCCCOC(=O)C=C)ccc4c3)cc2)cc1. The van der Waals surface area contributed by atoms with Crippen molar-refractivity contribution in [3.05, 3.63) is 132 Å². The highest BCUT2D eigenvalue weighted by Crippen LogP contribution is 2.22. The number of hydrogen-bond donors (Lipinski definition) is 0. The molecule has 51 heavy (non-hydrogen) atoms. The number of carbonyl (C=O) groups excluding carboxylic acids is 2. The maximum Gasteiger partial charge on any atom is 0.330 e. The summed E-state index contributed by atoms with van der Waals surface area (Å²) >= 11 is 0. The molecule has 0 aliphatic rings. The Morgan fingerprint density at radius 2 is 1.08 bits per heavy atom. The third-order valence-corrected chi connectivity index (χ3v) is 7.49. The molecule has 0 saturated heterocycles. The van der Waals surface area contributed by atoms with Crippen molar-refractivity contribution in [1.29, 1.82) is 0 Å². The molecular formula is C45H41NO5. The normalized spacial score (nSPS) is 10.1. The molecule has 0 N–H and O–H groups in total. The van der Waals surface area contributed by atoms with Crippen LogP contribution in [0.5, 0.6) is 5.75 Å². The minimum Gasteiger partial charge on any atom is -0.494 e. The molecule has 6 nitrogen and oxygen atoms in total. The van der Waals surface area contributed by atoms with Crippen molar-refractivity contribution in [2.75, 3.05) is 19.8 Å². The van der Waals surface area contributed by atoms with Crippen LogP contribution < -0.4 is 4.74 Å². The smallest absolute Gasteiger partial charge is 0.330 e. The third-order valence-electron chi connectivity index (χ3n) is 7.49. The second-order valence-electron chi connectivity index (χ2n) is 11.4. The number of ether oxygens (including phenoxy) is 3. The zero-order valence-corrected chi connectivity index (χ0v) is 28.8. The molecule has 0 heterocycles. The standard InChI is InChI=1S/C45H41NO5/c1-3-44(47)50-32-11-6-5-10-30-46-42-27-23-38(24-28-42)21-20-37-18-16-36(17-19-37)14-8-9-15-39-22-25-41-35-43(29-26-40(41)34-39)49-31-12-7-13-33-51-45(48)4-2/h3-4,16-19,22-30,34-35H,1-2,5-7,10-13,31-33H2. The fraction of sp³-hybridized carbons (Fsp3) is 0.222. The van der Waals surface area contributed by atoms with Crippen molar-refractivity contribution >= 4 is 34.6 Å². The fourth-order valence-electron chi connectivity index (χ4n) is 4.73. The van der Waals surface area contributed by atoms with Gasteiger partial charge in [-0.3, -0.25) is 4.99 Å². The highest BCUT2D eigenvalue weighted by molar-refractivity contribution is 5.85. The van der Waals surface area contributed by atoms with Gasteiger partial charge in [0.2, 0.25) is 0 Å². The Hall–Kier alpha value is -6.29. The van der Waals surface area contributed by atoms with Crippen LogP contribution in [0.1, 0.15) is 67.2 Å². The van der Waals surface area contributed by atoms with E-state index in [-0.39, 0.29) is 11.9 Å². The first-order chi connectivity index (χ1) is 25.0. The molecule has 0 spiro atoms. The van der Waals surface area contributed by atoms with Gasteiger partial charge in [0.25, 0.3) is 0 Å². The monoisotopic (exact) mass is 675 g/mol. The van der Waals surface area contributed by atoms with E-state index in [1.54, 1.807) is 0 Å². The number of hydrogen-bond acceptors (Lipinski definition) is 6. The van der Waals surface area contributed by atoms with Crippen LogP contribution in [0.4, 0.5) is 5.69 Å². The molecular weight excluding hydrogens is 634 g/mol. The van der Waals surface area contributed by atoms with Gasteiger partial charge in [0.05, 0.1) is 25.5 Å². The molecule has 4 rings (SSSR count). The summed E-state index contributed by atoms with van der Waals surface area (Å²) in [4.78, 5) is 26.6. The van der Waals surface area contributed by atoms with Crippen molar-refractivity contribution < 1.29 is 23.8 Å². The topological polar surface area (TPSA) is 74.2 Å². The Morgan fingerprint density at radius 3 is 1.73 bits per heavy atom. The molecule has 4 aromatic rings. The van der Waals surface area contributed by atoms with E-state index in [1.165, 1.54) is 12.2 Å². The summed E-state index contributed by atoms with van der Waals surface area (Å²) in [6, 6.07) is 27.7. The number of unbranched alkanes of at least 4 members (excludes halogenated alkanes) is 5. The maximum absolute atomic E-state index is 11.1. The number of benzene rings is 4. The second-order valence-corrected chi connectivity index (χ2v) is 11.4. The minimum atomic E-state index is -0.385. The predicted molar refractivity (Wildman–Crippen MR) is 205 cm³/mol. The van der Waals surface area contributed by atoms with Crippen LogP contribution in [-0.4, -0.2) is 38.0 Å². The van der Waals surface area contributed by atoms with E-state index >= 15 is 0 Å². The molecule has 0 aliphatic heterocycles. The average Bonchev–Trinajstić information content (AvgIpc) is 3.16. The Morgan fingerprint density at radius 1 is 0.569 bits per heavy atom. The van der Waals surface area contributed by atoms with Gasteiger partial charge in [-0.05, 0) is 140 Å². The number of rotatable bonds is 16. The lowest BCUT2D eigenvalue weighted by Crippen LogP contribution is -2.03. The molecule has 0 aromatic heterocycles. The summed E-state index contributed by atoms with van der Waals surface area (Å²) in [6.45, 7) is 8.20. The highest BCUT2D eigenvalue weighted by Gasteiger charge is 2.01. The lowest BCUT2D eigenvalue weighted by atomic mass is 10.1. The van der Waals surface area contributed by atoms with Gasteiger partial charge in [0.15, 0.2) is 0 Å². The lowest BCUT2D eigenvalue weighted by molar-refractivity contribution is -0.138. The van der Waals surface area contributed by atoms with Crippen LogP contribution in [0.3, 0.4) is 0 Å². The first kappa shape index (κ1) is 37.5. The van der Waals surface area contributed by atoms with Gasteiger partial charge >= 0.3 is 11.9 Å². The van der Waals surface area contributed by atoms with E-state index in [9.17, 15) is 9.59 Å². The highest BCUT2D eigenvalue weighted by atomic mass is 16.5. The van der Waals surface area contributed by atoms with Crippen LogP contribution in [0.15, 0.2) is 115 Å². The summed E-state index contributed by atoms with van der Waals surface area (Å²) in [7, 11) is 0. The molecule has 0 amide bonds. The zero-order chi connectivity index (χ0) is 35.9. The van der Waals surface area contributed by atoms with E-state index in [0.29, 0.717) is 19.8 Å². The zero-order valence-electron chi connectivity index (χ0n) is 28.8. The Labute approximate surface area is 301 Å². The lowest BCUT2D eigenvalue weighted by Gasteiger charge is -2.08. The van der Waals surface area contributed by atoms with Gasteiger partial charge in [-0.2, -0.15) is 0 Å². The molecule has 0 atom stereocenters. The quantitative estimate of drug-likeness (QED) is 0.0390. The van der Waals surface area contributed by atoms with E-state index in [4.69, 9.17) is 14.2 Å². The van der Waals surface area contributed by atoms with Crippen LogP contribution in [0, 0.1) is 35.5 Å². The molecule has 0 saturated carbocycles. The maximum atomic E-state index is 11.1.